The van der Waals surface area contributed by atoms with Gasteiger partial charge in [-0.1, -0.05) is 11.6 Å². The molecule has 0 amide bonds. The molecule has 0 saturated heterocycles. The predicted molar refractivity (Wildman–Crippen MR) is 37.1 cm³/mol. The van der Waals surface area contributed by atoms with Gasteiger partial charge in [-0.05, 0) is 5.03 Å². The van der Waals surface area contributed by atoms with Gasteiger partial charge in [-0.25, -0.2) is 4.98 Å². The zero-order valence-corrected chi connectivity index (χ0v) is 8.91. The standard InChI is InChI=1S/C4H4ClN3S.Na/c5-2-1-7-4(9)3(6)8-2;/h1H,(H2,6,8)(H,7,9);/q;+1/p-1. The summed E-state index contributed by atoms with van der Waals surface area (Å²) in [5.41, 5.74) is 5.26. The molecule has 1 heterocycles. The van der Waals surface area contributed by atoms with E-state index in [1.165, 1.54) is 6.20 Å². The van der Waals surface area contributed by atoms with Crippen LogP contribution >= 0.6 is 11.6 Å². The van der Waals surface area contributed by atoms with Crippen molar-refractivity contribution in [2.45, 2.75) is 5.03 Å². The van der Waals surface area contributed by atoms with Crippen LogP contribution in [0.15, 0.2) is 11.2 Å². The molecule has 0 aliphatic rings. The van der Waals surface area contributed by atoms with Crippen LogP contribution in [0.2, 0.25) is 5.15 Å². The van der Waals surface area contributed by atoms with E-state index in [4.69, 9.17) is 17.3 Å². The number of nitrogens with zero attached hydrogens (tertiary/aromatic N) is 2. The first-order valence-corrected chi connectivity index (χ1v) is 2.94. The summed E-state index contributed by atoms with van der Waals surface area (Å²) in [4.78, 5) is 7.32. The van der Waals surface area contributed by atoms with Crippen molar-refractivity contribution in [1.82, 2.24) is 9.97 Å². The number of nitrogens with two attached hydrogens (primary N) is 1. The smallest absolute Gasteiger partial charge is 0.757 e. The molecule has 0 fully saturated rings. The van der Waals surface area contributed by atoms with E-state index in [9.17, 15) is 0 Å². The molecule has 0 aliphatic carbocycles. The Morgan fingerprint density at radius 1 is 1.60 bits per heavy atom. The molecule has 6 heteroatoms. The first-order chi connectivity index (χ1) is 4.20. The molecule has 1 aromatic rings. The first kappa shape index (κ1) is 10.4. The topological polar surface area (TPSA) is 51.8 Å². The number of anilines is 1. The van der Waals surface area contributed by atoms with Gasteiger partial charge >= 0.3 is 29.6 Å². The van der Waals surface area contributed by atoms with E-state index < -0.39 is 0 Å². The van der Waals surface area contributed by atoms with Gasteiger partial charge < -0.3 is 18.4 Å². The number of rotatable bonds is 0. The molecule has 1 rings (SSSR count). The van der Waals surface area contributed by atoms with Crippen LogP contribution < -0.4 is 35.3 Å². The van der Waals surface area contributed by atoms with Crippen LogP contribution in [0.4, 0.5) is 5.82 Å². The van der Waals surface area contributed by atoms with Crippen molar-refractivity contribution < 1.29 is 29.6 Å². The Balaban J connectivity index is 0.000000810. The molecule has 0 unspecified atom stereocenters. The van der Waals surface area contributed by atoms with Crippen molar-refractivity contribution in [2.75, 3.05) is 5.73 Å². The maximum absolute atomic E-state index is 5.42. The summed E-state index contributed by atoms with van der Waals surface area (Å²) in [5, 5.41) is 0.556. The minimum absolute atomic E-state index is 0. The van der Waals surface area contributed by atoms with Crippen LogP contribution in [0.25, 0.3) is 0 Å². The van der Waals surface area contributed by atoms with E-state index in [1.807, 2.05) is 0 Å². The summed E-state index contributed by atoms with van der Waals surface area (Å²) in [6.45, 7) is 0. The molecular weight excluding hydrogens is 181 g/mol. The Morgan fingerprint density at radius 3 is 2.60 bits per heavy atom. The zero-order chi connectivity index (χ0) is 6.85. The van der Waals surface area contributed by atoms with Crippen molar-refractivity contribution in [1.29, 1.82) is 0 Å². The maximum atomic E-state index is 5.42. The van der Waals surface area contributed by atoms with E-state index in [1.54, 1.807) is 0 Å². The molecule has 2 N–H and O–H groups in total. The minimum atomic E-state index is 0. The molecule has 3 nitrogen and oxygen atoms in total. The number of hydrogen-bond acceptors (Lipinski definition) is 4. The average Bonchev–Trinajstić information content (AvgIpc) is 1.80. The molecule has 0 aromatic carbocycles. The molecule has 10 heavy (non-hydrogen) atoms. The Kier molecular flexibility index (Phi) is 4.47. The zero-order valence-electron chi connectivity index (χ0n) is 5.34. The van der Waals surface area contributed by atoms with E-state index in [-0.39, 0.29) is 40.5 Å². The number of nitrogen functional groups attached to an aromatic ring is 1. The summed E-state index contributed by atoms with van der Waals surface area (Å²) in [6, 6.07) is 0. The second-order valence-electron chi connectivity index (χ2n) is 1.38. The fourth-order valence-electron chi connectivity index (χ4n) is 0.370. The summed E-state index contributed by atoms with van der Waals surface area (Å²) in [5.74, 6) is 0.206. The SMILES string of the molecule is Nc1nc(Cl)cnc1[S-].[Na+]. The predicted octanol–water partition coefficient (Wildman–Crippen LogP) is -2.38. The first-order valence-electron chi connectivity index (χ1n) is 2.15. The van der Waals surface area contributed by atoms with E-state index in [2.05, 4.69) is 22.6 Å². The average molecular weight is 184 g/mol. The van der Waals surface area contributed by atoms with Crippen molar-refractivity contribution in [3.63, 3.8) is 0 Å². The number of halogens is 1. The summed E-state index contributed by atoms with van der Waals surface area (Å²) >= 11 is 10.1. The van der Waals surface area contributed by atoms with Crippen molar-refractivity contribution in [2.24, 2.45) is 0 Å². The minimum Gasteiger partial charge on any atom is -0.757 e. The van der Waals surface area contributed by atoms with Gasteiger partial charge in [0, 0.05) is 0 Å². The second-order valence-corrected chi connectivity index (χ2v) is 2.16. The van der Waals surface area contributed by atoms with E-state index in [0.717, 1.165) is 0 Å². The molecule has 1 aromatic heterocycles. The Bertz CT molecular complexity index is 232. The van der Waals surface area contributed by atoms with Crippen LogP contribution in [-0.2, 0) is 12.6 Å². The monoisotopic (exact) mass is 183 g/mol. The van der Waals surface area contributed by atoms with E-state index in [0.29, 0.717) is 5.03 Å². The molecule has 48 valence electrons. The van der Waals surface area contributed by atoms with Gasteiger partial charge in [-0.15, -0.1) is 0 Å². The summed E-state index contributed by atoms with van der Waals surface area (Å²) < 4.78 is 0. The van der Waals surface area contributed by atoms with Crippen LogP contribution in [0.5, 0.6) is 0 Å². The molecule has 0 atom stereocenters. The van der Waals surface area contributed by atoms with Gasteiger partial charge in [0.1, 0.15) is 11.0 Å². The van der Waals surface area contributed by atoms with Crippen LogP contribution in [0.1, 0.15) is 0 Å². The third-order valence-electron chi connectivity index (χ3n) is 0.735. The molecule has 0 radical (unpaired) electrons. The van der Waals surface area contributed by atoms with Gasteiger partial charge in [0.15, 0.2) is 0 Å². The molecule has 0 bridgehead atoms. The number of hydrogen-bond donors (Lipinski definition) is 1. The molecule has 0 saturated carbocycles. The Labute approximate surface area is 91.1 Å². The fraction of sp³-hybridized carbons (Fsp3) is 0. The third kappa shape index (κ3) is 2.56. The van der Waals surface area contributed by atoms with E-state index >= 15 is 0 Å². The summed E-state index contributed by atoms with van der Waals surface area (Å²) in [7, 11) is 0. The van der Waals surface area contributed by atoms with Crippen molar-refractivity contribution in [3.8, 4) is 0 Å². The van der Waals surface area contributed by atoms with Gasteiger partial charge in [-0.2, -0.15) is 0 Å². The second kappa shape index (κ2) is 4.31. The quantitative estimate of drug-likeness (QED) is 0.361. The van der Waals surface area contributed by atoms with Crippen molar-refractivity contribution >= 4 is 30.0 Å². The maximum Gasteiger partial charge on any atom is 1.00 e. The Hall–Kier alpha value is 0.390. The summed E-state index contributed by atoms with van der Waals surface area (Å²) in [6.07, 6.45) is 1.36. The number of aromatic nitrogens is 2. The van der Waals surface area contributed by atoms with Gasteiger partial charge in [0.2, 0.25) is 0 Å². The largest absolute Gasteiger partial charge is 1.00 e. The van der Waals surface area contributed by atoms with Gasteiger partial charge in [0.05, 0.1) is 6.20 Å². The van der Waals surface area contributed by atoms with Gasteiger partial charge in [0.25, 0.3) is 0 Å². The third-order valence-corrected chi connectivity index (χ3v) is 1.23. The molecular formula is C4H3ClN3NaS. The molecule has 0 spiro atoms. The van der Waals surface area contributed by atoms with Crippen LogP contribution in [0, 0.1) is 0 Å². The van der Waals surface area contributed by atoms with Crippen LogP contribution in [0.3, 0.4) is 0 Å². The molecule has 0 aliphatic heterocycles. The fourth-order valence-corrected chi connectivity index (χ4v) is 0.608. The van der Waals surface area contributed by atoms with Crippen molar-refractivity contribution in [3.05, 3.63) is 11.3 Å². The van der Waals surface area contributed by atoms with Crippen LogP contribution in [-0.4, -0.2) is 9.97 Å². The van der Waals surface area contributed by atoms with Gasteiger partial charge in [-0.3, -0.25) is 4.98 Å². The normalized spacial score (nSPS) is 8.50. The Morgan fingerprint density at radius 2 is 2.20 bits per heavy atom.